The molecule has 0 fully saturated rings. The Balaban J connectivity index is 2.86. The van der Waals surface area contributed by atoms with Gasteiger partial charge >= 0.3 is 0 Å². The van der Waals surface area contributed by atoms with E-state index in [2.05, 4.69) is 0 Å². The quantitative estimate of drug-likeness (QED) is 0.584. The van der Waals surface area contributed by atoms with Crippen LogP contribution in [0.25, 0.3) is 6.08 Å². The summed E-state index contributed by atoms with van der Waals surface area (Å²) >= 11 is 0. The van der Waals surface area contributed by atoms with Crippen molar-refractivity contribution < 1.29 is 9.53 Å². The van der Waals surface area contributed by atoms with Gasteiger partial charge in [0.05, 0.1) is 7.11 Å². The Morgan fingerprint density at radius 1 is 1.43 bits per heavy atom. The zero-order valence-electron chi connectivity index (χ0n) is 8.07. The minimum atomic E-state index is 0.414. The molecule has 0 spiro atoms. The smallest absolute Gasteiger partial charge is 0.123 e. The van der Waals surface area contributed by atoms with Crippen LogP contribution < -0.4 is 10.5 Å². The standard InChI is InChI=1S/C11H13NO2/c1-14-11-7-9(4-2-3-5-13)6-10(12)8-11/h2,4-8H,3,12H2,1H3. The van der Waals surface area contributed by atoms with Gasteiger partial charge in [-0.15, -0.1) is 0 Å². The lowest BCUT2D eigenvalue weighted by Crippen LogP contribution is -1.89. The molecule has 74 valence electrons. The van der Waals surface area contributed by atoms with E-state index in [9.17, 15) is 4.79 Å². The Bertz CT molecular complexity index is 345. The molecule has 0 amide bonds. The van der Waals surface area contributed by atoms with Gasteiger partial charge in [-0.05, 0) is 17.7 Å². The van der Waals surface area contributed by atoms with Gasteiger partial charge in [0.15, 0.2) is 0 Å². The Morgan fingerprint density at radius 2 is 2.21 bits per heavy atom. The van der Waals surface area contributed by atoms with Crippen molar-refractivity contribution >= 4 is 18.0 Å². The second-order valence-corrected chi connectivity index (χ2v) is 2.84. The van der Waals surface area contributed by atoms with Gasteiger partial charge in [0.1, 0.15) is 12.0 Å². The number of hydrogen-bond donors (Lipinski definition) is 1. The molecule has 0 aliphatic rings. The minimum Gasteiger partial charge on any atom is -0.497 e. The predicted molar refractivity (Wildman–Crippen MR) is 57.1 cm³/mol. The van der Waals surface area contributed by atoms with Crippen LogP contribution in [0.5, 0.6) is 5.75 Å². The molecule has 3 nitrogen and oxygen atoms in total. The number of hydrogen-bond acceptors (Lipinski definition) is 3. The summed E-state index contributed by atoms with van der Waals surface area (Å²) in [5.74, 6) is 0.718. The average molecular weight is 191 g/mol. The molecule has 0 aliphatic carbocycles. The van der Waals surface area contributed by atoms with Crippen LogP contribution >= 0.6 is 0 Å². The molecule has 0 heterocycles. The molecule has 2 N–H and O–H groups in total. The Kier molecular flexibility index (Phi) is 3.73. The van der Waals surface area contributed by atoms with E-state index in [0.717, 1.165) is 17.6 Å². The summed E-state index contributed by atoms with van der Waals surface area (Å²) in [6.07, 6.45) is 4.88. The van der Waals surface area contributed by atoms with Crippen LogP contribution in [0.2, 0.25) is 0 Å². The average Bonchev–Trinajstić information content (AvgIpc) is 2.17. The summed E-state index contributed by atoms with van der Waals surface area (Å²) < 4.78 is 5.06. The zero-order valence-corrected chi connectivity index (χ0v) is 8.07. The predicted octanol–water partition coefficient (Wildman–Crippen LogP) is 1.88. The van der Waals surface area contributed by atoms with Crippen molar-refractivity contribution in [3.63, 3.8) is 0 Å². The molecule has 3 heteroatoms. The number of anilines is 1. The van der Waals surface area contributed by atoms with Crippen molar-refractivity contribution in [2.75, 3.05) is 12.8 Å². The normalized spacial score (nSPS) is 10.4. The number of methoxy groups -OCH3 is 1. The number of rotatable bonds is 4. The lowest BCUT2D eigenvalue weighted by atomic mass is 10.1. The number of aldehydes is 1. The van der Waals surface area contributed by atoms with E-state index in [4.69, 9.17) is 10.5 Å². The fourth-order valence-corrected chi connectivity index (χ4v) is 1.12. The molecule has 1 aromatic rings. The molecule has 0 aliphatic heterocycles. The zero-order chi connectivity index (χ0) is 10.4. The van der Waals surface area contributed by atoms with Gasteiger partial charge in [0, 0.05) is 18.2 Å². The lowest BCUT2D eigenvalue weighted by molar-refractivity contribution is -0.107. The Labute approximate surface area is 83.2 Å². The highest BCUT2D eigenvalue weighted by Gasteiger charge is 1.95. The van der Waals surface area contributed by atoms with Gasteiger partial charge in [0.2, 0.25) is 0 Å². The van der Waals surface area contributed by atoms with Crippen LogP contribution in [0.15, 0.2) is 24.3 Å². The van der Waals surface area contributed by atoms with Crippen LogP contribution in [0.3, 0.4) is 0 Å². The largest absolute Gasteiger partial charge is 0.497 e. The van der Waals surface area contributed by atoms with Gasteiger partial charge in [0.25, 0.3) is 0 Å². The van der Waals surface area contributed by atoms with Crippen molar-refractivity contribution in [1.29, 1.82) is 0 Å². The first-order valence-electron chi connectivity index (χ1n) is 4.31. The molecule has 0 bridgehead atoms. The van der Waals surface area contributed by atoms with Crippen molar-refractivity contribution in [2.45, 2.75) is 6.42 Å². The van der Waals surface area contributed by atoms with Crippen molar-refractivity contribution in [3.8, 4) is 5.75 Å². The summed E-state index contributed by atoms with van der Waals surface area (Å²) in [5, 5.41) is 0. The van der Waals surface area contributed by atoms with Crippen molar-refractivity contribution in [2.24, 2.45) is 0 Å². The third-order valence-electron chi connectivity index (χ3n) is 1.73. The highest BCUT2D eigenvalue weighted by Crippen LogP contribution is 2.19. The van der Waals surface area contributed by atoms with Gasteiger partial charge in [-0.2, -0.15) is 0 Å². The number of allylic oxidation sites excluding steroid dienone is 1. The maximum Gasteiger partial charge on any atom is 0.123 e. The van der Waals surface area contributed by atoms with E-state index in [0.29, 0.717) is 12.1 Å². The molecule has 1 aromatic carbocycles. The van der Waals surface area contributed by atoms with Gasteiger partial charge in [-0.1, -0.05) is 12.2 Å². The molecule has 0 unspecified atom stereocenters. The molecular weight excluding hydrogens is 178 g/mol. The van der Waals surface area contributed by atoms with E-state index in [-0.39, 0.29) is 0 Å². The van der Waals surface area contributed by atoms with Crippen LogP contribution in [0.1, 0.15) is 12.0 Å². The fourth-order valence-electron chi connectivity index (χ4n) is 1.12. The maximum atomic E-state index is 10.1. The number of carbonyl (C=O) groups excluding carboxylic acids is 1. The molecule has 14 heavy (non-hydrogen) atoms. The SMILES string of the molecule is COc1cc(N)cc(C=CCC=O)c1. The molecule has 0 saturated heterocycles. The van der Waals surface area contributed by atoms with Gasteiger partial charge in [-0.3, -0.25) is 0 Å². The Morgan fingerprint density at radius 3 is 2.86 bits per heavy atom. The number of ether oxygens (including phenoxy) is 1. The molecular formula is C11H13NO2. The molecule has 0 saturated carbocycles. The summed E-state index contributed by atoms with van der Waals surface area (Å²) in [4.78, 5) is 10.1. The maximum absolute atomic E-state index is 10.1. The number of benzene rings is 1. The number of nitrogens with two attached hydrogens (primary N) is 1. The van der Waals surface area contributed by atoms with Gasteiger partial charge in [-0.25, -0.2) is 0 Å². The minimum absolute atomic E-state index is 0.414. The number of nitrogen functional groups attached to an aromatic ring is 1. The van der Waals surface area contributed by atoms with E-state index in [1.807, 2.05) is 18.2 Å². The molecule has 0 atom stereocenters. The topological polar surface area (TPSA) is 52.3 Å². The van der Waals surface area contributed by atoms with Crippen LogP contribution in [0.4, 0.5) is 5.69 Å². The first kappa shape index (κ1) is 10.3. The molecule has 1 rings (SSSR count). The monoisotopic (exact) mass is 191 g/mol. The highest BCUT2D eigenvalue weighted by molar-refractivity contribution is 5.62. The second-order valence-electron chi connectivity index (χ2n) is 2.84. The van der Waals surface area contributed by atoms with Crippen LogP contribution in [-0.2, 0) is 4.79 Å². The van der Waals surface area contributed by atoms with Crippen molar-refractivity contribution in [1.82, 2.24) is 0 Å². The summed E-state index contributed by atoms with van der Waals surface area (Å²) in [6, 6.07) is 5.43. The van der Waals surface area contributed by atoms with E-state index >= 15 is 0 Å². The second kappa shape index (κ2) is 5.07. The first-order valence-corrected chi connectivity index (χ1v) is 4.31. The molecule has 0 radical (unpaired) electrons. The molecule has 0 aromatic heterocycles. The first-order chi connectivity index (χ1) is 6.76. The summed E-state index contributed by atoms with van der Waals surface area (Å²) in [6.45, 7) is 0. The summed E-state index contributed by atoms with van der Waals surface area (Å²) in [5.41, 5.74) is 7.24. The van der Waals surface area contributed by atoms with E-state index < -0.39 is 0 Å². The van der Waals surface area contributed by atoms with E-state index in [1.54, 1.807) is 19.3 Å². The van der Waals surface area contributed by atoms with Crippen LogP contribution in [0, 0.1) is 0 Å². The third-order valence-corrected chi connectivity index (χ3v) is 1.73. The van der Waals surface area contributed by atoms with Gasteiger partial charge < -0.3 is 15.3 Å². The Hall–Kier alpha value is -1.77. The van der Waals surface area contributed by atoms with Crippen LogP contribution in [-0.4, -0.2) is 13.4 Å². The number of carbonyl (C=O) groups is 1. The van der Waals surface area contributed by atoms with E-state index in [1.165, 1.54) is 0 Å². The lowest BCUT2D eigenvalue weighted by Gasteiger charge is -2.02. The highest BCUT2D eigenvalue weighted by atomic mass is 16.5. The third kappa shape index (κ3) is 2.94. The fraction of sp³-hybridized carbons (Fsp3) is 0.182. The van der Waals surface area contributed by atoms with Crippen molar-refractivity contribution in [3.05, 3.63) is 29.8 Å². The summed E-state index contributed by atoms with van der Waals surface area (Å²) in [7, 11) is 1.59.